The number of halogens is 2. The summed E-state index contributed by atoms with van der Waals surface area (Å²) in [7, 11) is 0. The third-order valence-corrected chi connectivity index (χ3v) is 2.40. The Balaban J connectivity index is 3.28. The number of esters is 1. The molecule has 0 aliphatic carbocycles. The van der Waals surface area contributed by atoms with Crippen LogP contribution in [0.25, 0.3) is 0 Å². The van der Waals surface area contributed by atoms with Crippen LogP contribution < -0.4 is 0 Å². The van der Waals surface area contributed by atoms with Gasteiger partial charge < -0.3 is 9.84 Å². The molecule has 4 nitrogen and oxygen atoms in total. The van der Waals surface area contributed by atoms with Crippen molar-refractivity contribution in [2.45, 2.75) is 20.3 Å². The molecule has 0 amide bonds. The molecular formula is C12H12F2O4. The topological polar surface area (TPSA) is 63.6 Å². The smallest absolute Gasteiger partial charge is 0.341 e. The predicted octanol–water partition coefficient (Wildman–Crippen LogP) is 2.08. The number of carbonyl (C=O) groups excluding carboxylic acids is 1. The highest BCUT2D eigenvalue weighted by molar-refractivity contribution is 5.90. The van der Waals surface area contributed by atoms with Crippen molar-refractivity contribution < 1.29 is 28.2 Å². The zero-order chi connectivity index (χ0) is 13.9. The molecule has 0 unspecified atom stereocenters. The third-order valence-electron chi connectivity index (χ3n) is 2.40. The van der Waals surface area contributed by atoms with E-state index in [1.807, 2.05) is 0 Å². The minimum absolute atomic E-state index is 0.0375. The van der Waals surface area contributed by atoms with Crippen molar-refractivity contribution in [3.8, 4) is 0 Å². The zero-order valence-electron chi connectivity index (χ0n) is 9.92. The number of rotatable bonds is 4. The zero-order valence-corrected chi connectivity index (χ0v) is 9.92. The SMILES string of the molecule is CCOC(=O)c1cc(F)c(CC(=O)O)c(C)c1F. The number of hydrogen-bond acceptors (Lipinski definition) is 3. The largest absolute Gasteiger partial charge is 0.481 e. The lowest BCUT2D eigenvalue weighted by atomic mass is 10.0. The quantitative estimate of drug-likeness (QED) is 0.840. The first-order valence-corrected chi connectivity index (χ1v) is 5.24. The molecule has 0 atom stereocenters. The van der Waals surface area contributed by atoms with Gasteiger partial charge in [-0.1, -0.05) is 0 Å². The number of carboxylic acids is 1. The second-order valence-electron chi connectivity index (χ2n) is 3.61. The lowest BCUT2D eigenvalue weighted by Crippen LogP contribution is -2.13. The lowest BCUT2D eigenvalue weighted by Gasteiger charge is -2.10. The van der Waals surface area contributed by atoms with E-state index in [0.717, 1.165) is 0 Å². The molecule has 0 saturated heterocycles. The Bertz CT molecular complexity index is 497. The van der Waals surface area contributed by atoms with E-state index in [-0.39, 0.29) is 17.7 Å². The summed E-state index contributed by atoms with van der Waals surface area (Å²) in [5.74, 6) is -4.13. The highest BCUT2D eigenvalue weighted by atomic mass is 19.1. The third kappa shape index (κ3) is 2.82. The van der Waals surface area contributed by atoms with Crippen LogP contribution in [0, 0.1) is 18.6 Å². The van der Waals surface area contributed by atoms with Crippen LogP contribution >= 0.6 is 0 Å². The average Bonchev–Trinajstić information content (AvgIpc) is 2.29. The first-order valence-electron chi connectivity index (χ1n) is 5.24. The molecular weight excluding hydrogens is 246 g/mol. The molecule has 0 fully saturated rings. The second-order valence-corrected chi connectivity index (χ2v) is 3.61. The van der Waals surface area contributed by atoms with E-state index >= 15 is 0 Å². The number of carbonyl (C=O) groups is 2. The first-order chi connectivity index (χ1) is 8.38. The number of hydrogen-bond donors (Lipinski definition) is 1. The van der Waals surface area contributed by atoms with Crippen LogP contribution in [0.3, 0.4) is 0 Å². The highest BCUT2D eigenvalue weighted by Gasteiger charge is 2.22. The molecule has 6 heteroatoms. The Morgan fingerprint density at radius 1 is 1.39 bits per heavy atom. The lowest BCUT2D eigenvalue weighted by molar-refractivity contribution is -0.136. The predicted molar refractivity (Wildman–Crippen MR) is 58.4 cm³/mol. The maximum Gasteiger partial charge on any atom is 0.341 e. The van der Waals surface area contributed by atoms with Crippen molar-refractivity contribution in [1.29, 1.82) is 0 Å². The van der Waals surface area contributed by atoms with Crippen molar-refractivity contribution in [3.05, 3.63) is 34.4 Å². The summed E-state index contributed by atoms with van der Waals surface area (Å²) in [5, 5.41) is 8.59. The van der Waals surface area contributed by atoms with Crippen LogP contribution in [0.4, 0.5) is 8.78 Å². The molecule has 1 rings (SSSR count). The van der Waals surface area contributed by atoms with Gasteiger partial charge in [-0.2, -0.15) is 0 Å². The molecule has 0 spiro atoms. The van der Waals surface area contributed by atoms with E-state index < -0.39 is 35.6 Å². The summed E-state index contributed by atoms with van der Waals surface area (Å²) in [6.07, 6.45) is -0.641. The normalized spacial score (nSPS) is 10.2. The van der Waals surface area contributed by atoms with Gasteiger partial charge >= 0.3 is 11.9 Å². The van der Waals surface area contributed by atoms with E-state index in [4.69, 9.17) is 5.11 Å². The Kier molecular flexibility index (Phi) is 4.36. The summed E-state index contributed by atoms with van der Waals surface area (Å²) < 4.78 is 32.0. The van der Waals surface area contributed by atoms with Crippen molar-refractivity contribution in [1.82, 2.24) is 0 Å². The molecule has 1 aromatic rings. The Morgan fingerprint density at radius 2 is 2.00 bits per heavy atom. The average molecular weight is 258 g/mol. The Labute approximate surface area is 102 Å². The molecule has 1 N–H and O–H groups in total. The standard InChI is InChI=1S/C12H12F2O4/c1-3-18-12(17)8-4-9(13)7(5-10(15)16)6(2)11(8)14/h4H,3,5H2,1-2H3,(H,15,16). The van der Waals surface area contributed by atoms with E-state index in [0.29, 0.717) is 6.07 Å². The van der Waals surface area contributed by atoms with Gasteiger partial charge in [0.1, 0.15) is 11.6 Å². The highest BCUT2D eigenvalue weighted by Crippen LogP contribution is 2.22. The molecule has 1 aromatic carbocycles. The van der Waals surface area contributed by atoms with Gasteiger partial charge in [0.25, 0.3) is 0 Å². The van der Waals surface area contributed by atoms with Crippen molar-refractivity contribution in [2.24, 2.45) is 0 Å². The molecule has 0 aliphatic heterocycles. The maximum absolute atomic E-state index is 13.8. The van der Waals surface area contributed by atoms with E-state index in [9.17, 15) is 18.4 Å². The van der Waals surface area contributed by atoms with Crippen LogP contribution in [0.5, 0.6) is 0 Å². The van der Waals surface area contributed by atoms with Crippen molar-refractivity contribution >= 4 is 11.9 Å². The van der Waals surface area contributed by atoms with Gasteiger partial charge in [0, 0.05) is 5.56 Å². The monoisotopic (exact) mass is 258 g/mol. The molecule has 18 heavy (non-hydrogen) atoms. The number of ether oxygens (including phenoxy) is 1. The molecule has 0 radical (unpaired) electrons. The van der Waals surface area contributed by atoms with Crippen molar-refractivity contribution in [3.63, 3.8) is 0 Å². The van der Waals surface area contributed by atoms with Crippen LogP contribution in [0.1, 0.15) is 28.4 Å². The van der Waals surface area contributed by atoms with E-state index in [1.54, 1.807) is 0 Å². The number of carboxylic acid groups (broad SMARTS) is 1. The van der Waals surface area contributed by atoms with Crippen LogP contribution in [-0.4, -0.2) is 23.7 Å². The minimum Gasteiger partial charge on any atom is -0.481 e. The van der Waals surface area contributed by atoms with E-state index in [2.05, 4.69) is 4.74 Å². The van der Waals surface area contributed by atoms with Gasteiger partial charge in [0.2, 0.25) is 0 Å². The van der Waals surface area contributed by atoms with Crippen molar-refractivity contribution in [2.75, 3.05) is 6.61 Å². The fraction of sp³-hybridized carbons (Fsp3) is 0.333. The molecule has 0 aromatic heterocycles. The van der Waals surface area contributed by atoms with Gasteiger partial charge in [-0.05, 0) is 25.5 Å². The molecule has 0 saturated carbocycles. The number of benzene rings is 1. The summed E-state index contributed by atoms with van der Waals surface area (Å²) in [6.45, 7) is 2.80. The Morgan fingerprint density at radius 3 is 2.50 bits per heavy atom. The molecule has 0 heterocycles. The van der Waals surface area contributed by atoms with Crippen LogP contribution in [0.2, 0.25) is 0 Å². The first kappa shape index (κ1) is 14.1. The molecule has 0 aliphatic rings. The van der Waals surface area contributed by atoms with Gasteiger partial charge in [-0.15, -0.1) is 0 Å². The summed E-state index contributed by atoms with van der Waals surface area (Å²) in [4.78, 5) is 21.9. The fourth-order valence-corrected chi connectivity index (χ4v) is 1.52. The van der Waals surface area contributed by atoms with E-state index in [1.165, 1.54) is 13.8 Å². The minimum atomic E-state index is -1.28. The summed E-state index contributed by atoms with van der Waals surface area (Å²) in [6, 6.07) is 0.665. The van der Waals surface area contributed by atoms with Gasteiger partial charge in [0.05, 0.1) is 18.6 Å². The molecule has 98 valence electrons. The number of aliphatic carboxylic acids is 1. The van der Waals surface area contributed by atoms with Gasteiger partial charge in [0.15, 0.2) is 0 Å². The maximum atomic E-state index is 13.8. The fourth-order valence-electron chi connectivity index (χ4n) is 1.52. The summed E-state index contributed by atoms with van der Waals surface area (Å²) in [5.41, 5.74) is -0.991. The molecule has 0 bridgehead atoms. The second kappa shape index (κ2) is 5.57. The Hall–Kier alpha value is -1.98. The van der Waals surface area contributed by atoms with Crippen LogP contribution in [0.15, 0.2) is 6.07 Å². The van der Waals surface area contributed by atoms with Crippen LogP contribution in [-0.2, 0) is 16.0 Å². The van der Waals surface area contributed by atoms with Gasteiger partial charge in [-0.25, -0.2) is 13.6 Å². The summed E-state index contributed by atoms with van der Waals surface area (Å²) >= 11 is 0. The van der Waals surface area contributed by atoms with Gasteiger partial charge in [-0.3, -0.25) is 4.79 Å².